The summed E-state index contributed by atoms with van der Waals surface area (Å²) in [6, 6.07) is 20.7. The Balaban J connectivity index is 2.08. The Morgan fingerprint density at radius 3 is 2.44 bits per heavy atom. The molecular weight excluding hydrogens is 424 g/mol. The summed E-state index contributed by atoms with van der Waals surface area (Å²) in [5.74, 6) is 6.02. The molecule has 1 N–H and O–H groups in total. The molecule has 0 bridgehead atoms. The van der Waals surface area contributed by atoms with Crippen molar-refractivity contribution in [2.24, 2.45) is 0 Å². The van der Waals surface area contributed by atoms with Crippen molar-refractivity contribution in [2.45, 2.75) is 6.04 Å². The standard InChI is InChI=1S/C26H20ClN2O3/c1-3-32-25-20(12-9-18-7-5-4-6-8-18)15-21(27)16-23(25)24(26(30)31-2)29-22-13-10-19(17-28)11-14-22/h4-8,10-11,13-16,24,29H,1,3H2,2H3. The van der Waals surface area contributed by atoms with Gasteiger partial charge in [-0.1, -0.05) is 41.6 Å². The van der Waals surface area contributed by atoms with Gasteiger partial charge in [-0.15, -0.1) is 0 Å². The lowest BCUT2D eigenvalue weighted by atomic mass is 10.0. The SMILES string of the molecule is [CH2]COc1c(C#Cc2ccccc2)cc(Cl)cc1C(Nc1ccc(C#N)cc1)C(=O)OC. The van der Waals surface area contributed by atoms with Crippen molar-refractivity contribution < 1.29 is 14.3 Å². The first-order chi connectivity index (χ1) is 15.5. The van der Waals surface area contributed by atoms with Gasteiger partial charge in [-0.2, -0.15) is 5.26 Å². The summed E-state index contributed by atoms with van der Waals surface area (Å²) in [7, 11) is 1.30. The van der Waals surface area contributed by atoms with Gasteiger partial charge in [0, 0.05) is 21.8 Å². The number of halogens is 1. The molecule has 1 radical (unpaired) electrons. The molecule has 0 aromatic heterocycles. The number of esters is 1. The van der Waals surface area contributed by atoms with Crippen molar-refractivity contribution in [1.29, 1.82) is 5.26 Å². The number of carbonyl (C=O) groups excluding carboxylic acids is 1. The molecule has 0 aliphatic rings. The van der Waals surface area contributed by atoms with Gasteiger partial charge in [0.25, 0.3) is 0 Å². The molecule has 3 aromatic rings. The highest BCUT2D eigenvalue weighted by Crippen LogP contribution is 2.35. The van der Waals surface area contributed by atoms with Crippen LogP contribution in [0, 0.1) is 30.1 Å². The molecule has 1 unspecified atom stereocenters. The van der Waals surface area contributed by atoms with Crippen molar-refractivity contribution >= 4 is 23.3 Å². The highest BCUT2D eigenvalue weighted by Gasteiger charge is 2.27. The number of carbonyl (C=O) groups is 1. The fraction of sp³-hybridized carbons (Fsp3) is 0.115. The molecule has 0 aliphatic carbocycles. The van der Waals surface area contributed by atoms with Gasteiger partial charge in [-0.25, -0.2) is 4.79 Å². The summed E-state index contributed by atoms with van der Waals surface area (Å²) in [4.78, 5) is 12.7. The zero-order valence-electron chi connectivity index (χ0n) is 17.4. The van der Waals surface area contributed by atoms with Crippen LogP contribution in [0.25, 0.3) is 0 Å². The molecular formula is C26H20ClN2O3. The maximum atomic E-state index is 12.7. The monoisotopic (exact) mass is 443 g/mol. The van der Waals surface area contributed by atoms with E-state index < -0.39 is 12.0 Å². The van der Waals surface area contributed by atoms with Crippen LogP contribution in [0.3, 0.4) is 0 Å². The van der Waals surface area contributed by atoms with E-state index in [9.17, 15) is 4.79 Å². The van der Waals surface area contributed by atoms with Crippen molar-refractivity contribution in [1.82, 2.24) is 0 Å². The van der Waals surface area contributed by atoms with Gasteiger partial charge in [0.1, 0.15) is 5.75 Å². The molecule has 0 saturated heterocycles. The zero-order chi connectivity index (χ0) is 22.9. The number of hydrogen-bond donors (Lipinski definition) is 1. The van der Waals surface area contributed by atoms with E-state index in [1.165, 1.54) is 7.11 Å². The molecule has 5 nitrogen and oxygen atoms in total. The molecule has 0 heterocycles. The normalized spacial score (nSPS) is 10.8. The summed E-state index contributed by atoms with van der Waals surface area (Å²) in [6.45, 7) is 3.89. The molecule has 0 fully saturated rings. The van der Waals surface area contributed by atoms with Gasteiger partial charge in [0.15, 0.2) is 6.04 Å². The van der Waals surface area contributed by atoms with Gasteiger partial charge in [0.05, 0.1) is 30.9 Å². The van der Waals surface area contributed by atoms with Gasteiger partial charge < -0.3 is 14.8 Å². The number of nitrogens with one attached hydrogen (secondary N) is 1. The number of benzene rings is 3. The number of nitrogens with zero attached hydrogens (tertiary/aromatic N) is 1. The van der Waals surface area contributed by atoms with Gasteiger partial charge in [-0.05, 0) is 55.5 Å². The zero-order valence-corrected chi connectivity index (χ0v) is 18.1. The predicted molar refractivity (Wildman–Crippen MR) is 124 cm³/mol. The average Bonchev–Trinajstić information content (AvgIpc) is 2.83. The van der Waals surface area contributed by atoms with E-state index in [1.54, 1.807) is 36.4 Å². The number of rotatable bonds is 6. The topological polar surface area (TPSA) is 71.3 Å². The van der Waals surface area contributed by atoms with E-state index in [0.29, 0.717) is 33.1 Å². The largest absolute Gasteiger partial charge is 0.492 e. The fourth-order valence-corrected chi connectivity index (χ4v) is 3.26. The number of methoxy groups -OCH3 is 1. The molecule has 0 spiro atoms. The van der Waals surface area contributed by atoms with Crippen molar-refractivity contribution in [3.05, 3.63) is 101 Å². The number of ether oxygens (including phenoxy) is 2. The van der Waals surface area contributed by atoms with E-state index in [0.717, 1.165) is 5.56 Å². The lowest BCUT2D eigenvalue weighted by Crippen LogP contribution is -2.23. The van der Waals surface area contributed by atoms with Crippen LogP contribution < -0.4 is 10.1 Å². The third-order valence-corrected chi connectivity index (χ3v) is 4.74. The molecule has 0 aliphatic heterocycles. The highest BCUT2D eigenvalue weighted by atomic mass is 35.5. The average molecular weight is 444 g/mol. The molecule has 3 aromatic carbocycles. The van der Waals surface area contributed by atoms with Crippen LogP contribution in [0.15, 0.2) is 66.7 Å². The second-order valence-corrected chi connectivity index (χ2v) is 7.06. The minimum atomic E-state index is -0.925. The van der Waals surface area contributed by atoms with Crippen molar-refractivity contribution in [2.75, 3.05) is 19.0 Å². The first-order valence-electron chi connectivity index (χ1n) is 9.72. The van der Waals surface area contributed by atoms with Gasteiger partial charge in [0.2, 0.25) is 0 Å². The summed E-state index contributed by atoms with van der Waals surface area (Å²) in [5, 5.41) is 12.5. The number of anilines is 1. The lowest BCUT2D eigenvalue weighted by Gasteiger charge is -2.22. The maximum Gasteiger partial charge on any atom is 0.333 e. The quantitative estimate of drug-likeness (QED) is 0.421. The second kappa shape index (κ2) is 10.9. The molecule has 3 rings (SSSR count). The van der Waals surface area contributed by atoms with Crippen LogP contribution in [0.4, 0.5) is 5.69 Å². The summed E-state index contributed by atoms with van der Waals surface area (Å²) in [5.41, 5.74) is 2.95. The molecule has 0 amide bonds. The summed E-state index contributed by atoms with van der Waals surface area (Å²) < 4.78 is 10.8. The van der Waals surface area contributed by atoms with E-state index in [1.807, 2.05) is 30.3 Å². The molecule has 159 valence electrons. The second-order valence-electron chi connectivity index (χ2n) is 6.63. The Morgan fingerprint density at radius 2 is 1.81 bits per heavy atom. The van der Waals surface area contributed by atoms with E-state index in [2.05, 4.69) is 30.2 Å². The van der Waals surface area contributed by atoms with E-state index in [4.69, 9.17) is 26.3 Å². The highest BCUT2D eigenvalue weighted by molar-refractivity contribution is 6.30. The van der Waals surface area contributed by atoms with E-state index in [-0.39, 0.29) is 6.61 Å². The van der Waals surface area contributed by atoms with Crippen LogP contribution in [0.1, 0.15) is 28.3 Å². The Hall–Kier alpha value is -3.93. The molecule has 0 saturated carbocycles. The third-order valence-electron chi connectivity index (χ3n) is 4.52. The number of hydrogen-bond acceptors (Lipinski definition) is 5. The first kappa shape index (κ1) is 22.7. The van der Waals surface area contributed by atoms with Crippen LogP contribution in [-0.2, 0) is 9.53 Å². The maximum absolute atomic E-state index is 12.7. The van der Waals surface area contributed by atoms with Crippen molar-refractivity contribution in [3.8, 4) is 23.7 Å². The van der Waals surface area contributed by atoms with Crippen LogP contribution in [0.2, 0.25) is 5.02 Å². The van der Waals surface area contributed by atoms with Gasteiger partial charge >= 0.3 is 5.97 Å². The Kier molecular flexibility index (Phi) is 7.75. The van der Waals surface area contributed by atoms with Crippen LogP contribution in [0.5, 0.6) is 5.75 Å². The van der Waals surface area contributed by atoms with E-state index >= 15 is 0 Å². The Morgan fingerprint density at radius 1 is 1.09 bits per heavy atom. The minimum Gasteiger partial charge on any atom is -0.492 e. The molecule has 1 atom stereocenters. The summed E-state index contributed by atoms with van der Waals surface area (Å²) in [6.07, 6.45) is 0. The van der Waals surface area contributed by atoms with Crippen LogP contribution >= 0.6 is 11.6 Å². The van der Waals surface area contributed by atoms with Crippen LogP contribution in [-0.4, -0.2) is 19.7 Å². The smallest absolute Gasteiger partial charge is 0.333 e. The Labute approximate surface area is 192 Å². The van der Waals surface area contributed by atoms with Gasteiger partial charge in [-0.3, -0.25) is 0 Å². The molecule has 6 heteroatoms. The third kappa shape index (κ3) is 5.60. The van der Waals surface area contributed by atoms with Crippen molar-refractivity contribution in [3.63, 3.8) is 0 Å². The number of nitriles is 1. The first-order valence-corrected chi connectivity index (χ1v) is 10.1. The fourth-order valence-electron chi connectivity index (χ4n) is 3.04. The lowest BCUT2D eigenvalue weighted by molar-refractivity contribution is -0.141. The molecule has 32 heavy (non-hydrogen) atoms. The Bertz CT molecular complexity index is 1190. The minimum absolute atomic E-state index is 0.124. The predicted octanol–water partition coefficient (Wildman–Crippen LogP) is 5.15. The summed E-state index contributed by atoms with van der Waals surface area (Å²) >= 11 is 6.38.